The third-order valence-electron chi connectivity index (χ3n) is 4.93. The maximum Gasteiger partial charge on any atom is 0.269 e. The summed E-state index contributed by atoms with van der Waals surface area (Å²) in [7, 11) is 0. The van der Waals surface area contributed by atoms with Crippen LogP contribution in [0.5, 0.6) is 0 Å². The van der Waals surface area contributed by atoms with Gasteiger partial charge in [0.25, 0.3) is 5.69 Å². The Hall–Kier alpha value is -4.24. The van der Waals surface area contributed by atoms with Crippen molar-refractivity contribution in [2.45, 2.75) is 6.54 Å². The Kier molecular flexibility index (Phi) is 5.10. The van der Waals surface area contributed by atoms with Gasteiger partial charge in [-0.25, -0.2) is 4.39 Å². The highest BCUT2D eigenvalue weighted by Crippen LogP contribution is 2.27. The maximum absolute atomic E-state index is 14.1. The van der Waals surface area contributed by atoms with E-state index >= 15 is 0 Å². The number of non-ortho nitro benzene ring substituents is 1. The first-order valence-electron chi connectivity index (χ1n) is 9.25. The van der Waals surface area contributed by atoms with Crippen molar-refractivity contribution < 1.29 is 9.31 Å². The molecule has 1 aromatic heterocycles. The van der Waals surface area contributed by atoms with E-state index < -0.39 is 4.92 Å². The van der Waals surface area contributed by atoms with Crippen LogP contribution in [0.25, 0.3) is 22.6 Å². The third-order valence-corrected chi connectivity index (χ3v) is 4.93. The molecule has 146 valence electrons. The van der Waals surface area contributed by atoms with E-state index in [1.165, 1.54) is 18.2 Å². The van der Waals surface area contributed by atoms with Crippen LogP contribution in [0.15, 0.2) is 79.0 Å². The minimum Gasteiger partial charge on any atom is -0.342 e. The smallest absolute Gasteiger partial charge is 0.269 e. The van der Waals surface area contributed by atoms with Gasteiger partial charge in [-0.15, -0.1) is 0 Å². The summed E-state index contributed by atoms with van der Waals surface area (Å²) in [5, 5.41) is 21.5. The molecule has 1 heterocycles. The number of para-hydroxylation sites is 1. The Labute approximate surface area is 172 Å². The van der Waals surface area contributed by atoms with E-state index in [4.69, 9.17) is 0 Å². The second kappa shape index (κ2) is 8.02. The molecule has 4 aromatic rings. The number of rotatable bonds is 5. The molecule has 0 saturated carbocycles. The number of nitrogens with zero attached hydrogens (tertiary/aromatic N) is 3. The summed E-state index contributed by atoms with van der Waals surface area (Å²) >= 11 is 0. The van der Waals surface area contributed by atoms with Crippen molar-refractivity contribution >= 4 is 28.2 Å². The van der Waals surface area contributed by atoms with Crippen molar-refractivity contribution in [1.82, 2.24) is 4.57 Å². The second-order valence-electron chi connectivity index (χ2n) is 6.79. The molecule has 0 spiro atoms. The average molecular weight is 397 g/mol. The number of nitro groups is 1. The molecular weight excluding hydrogens is 381 g/mol. The molecular formula is C24H16FN3O2. The van der Waals surface area contributed by atoms with Crippen molar-refractivity contribution in [3.8, 4) is 6.07 Å². The zero-order chi connectivity index (χ0) is 21.1. The monoisotopic (exact) mass is 397 g/mol. The van der Waals surface area contributed by atoms with E-state index in [0.29, 0.717) is 23.2 Å². The first kappa shape index (κ1) is 19.1. The van der Waals surface area contributed by atoms with Gasteiger partial charge in [-0.05, 0) is 35.9 Å². The molecule has 0 aliphatic rings. The number of fused-ring (bicyclic) bond motifs is 1. The lowest BCUT2D eigenvalue weighted by Crippen LogP contribution is -2.00. The topological polar surface area (TPSA) is 71.9 Å². The Balaban J connectivity index is 1.77. The number of nitriles is 1. The van der Waals surface area contributed by atoms with Crippen molar-refractivity contribution in [2.75, 3.05) is 0 Å². The first-order chi connectivity index (χ1) is 14.6. The van der Waals surface area contributed by atoms with E-state index in [9.17, 15) is 19.8 Å². The predicted octanol–water partition coefficient (Wildman–Crippen LogP) is 5.80. The quantitative estimate of drug-likeness (QED) is 0.243. The predicted molar refractivity (Wildman–Crippen MR) is 114 cm³/mol. The van der Waals surface area contributed by atoms with Gasteiger partial charge < -0.3 is 4.57 Å². The van der Waals surface area contributed by atoms with Gasteiger partial charge in [-0.3, -0.25) is 10.1 Å². The maximum atomic E-state index is 14.1. The summed E-state index contributed by atoms with van der Waals surface area (Å²) in [5.41, 5.74) is 3.26. The summed E-state index contributed by atoms with van der Waals surface area (Å²) in [6, 6.07) is 22.4. The fraction of sp³-hybridized carbons (Fsp3) is 0.0417. The highest BCUT2D eigenvalue weighted by Gasteiger charge is 2.11. The molecule has 30 heavy (non-hydrogen) atoms. The average Bonchev–Trinajstić information content (AvgIpc) is 3.11. The van der Waals surface area contributed by atoms with Crippen LogP contribution >= 0.6 is 0 Å². The Morgan fingerprint density at radius 2 is 1.77 bits per heavy atom. The van der Waals surface area contributed by atoms with Gasteiger partial charge in [0.1, 0.15) is 5.82 Å². The molecule has 4 rings (SSSR count). The number of benzene rings is 3. The summed E-state index contributed by atoms with van der Waals surface area (Å²) in [4.78, 5) is 10.4. The van der Waals surface area contributed by atoms with Crippen LogP contribution in [-0.4, -0.2) is 9.49 Å². The van der Waals surface area contributed by atoms with Crippen LogP contribution in [0.4, 0.5) is 10.1 Å². The molecule has 0 radical (unpaired) electrons. The lowest BCUT2D eigenvalue weighted by molar-refractivity contribution is -0.384. The number of nitro benzene ring substituents is 1. The van der Waals surface area contributed by atoms with E-state index in [0.717, 1.165) is 16.5 Å². The molecule has 0 unspecified atom stereocenters. The highest BCUT2D eigenvalue weighted by molar-refractivity contribution is 5.98. The molecule has 6 heteroatoms. The summed E-state index contributed by atoms with van der Waals surface area (Å²) < 4.78 is 16.1. The van der Waals surface area contributed by atoms with Gasteiger partial charge in [0.2, 0.25) is 0 Å². The zero-order valence-corrected chi connectivity index (χ0v) is 15.8. The van der Waals surface area contributed by atoms with Crippen LogP contribution in [0.1, 0.15) is 16.7 Å². The van der Waals surface area contributed by atoms with Crippen molar-refractivity contribution in [3.63, 3.8) is 0 Å². The van der Waals surface area contributed by atoms with E-state index in [2.05, 4.69) is 6.07 Å². The van der Waals surface area contributed by atoms with Crippen LogP contribution in [0.2, 0.25) is 0 Å². The minimum atomic E-state index is -0.476. The normalized spacial score (nSPS) is 11.4. The summed E-state index contributed by atoms with van der Waals surface area (Å²) in [6.07, 6.45) is 3.64. The Morgan fingerprint density at radius 3 is 2.47 bits per heavy atom. The summed E-state index contributed by atoms with van der Waals surface area (Å²) in [5.74, 6) is -0.268. The van der Waals surface area contributed by atoms with E-state index in [1.807, 2.05) is 35.0 Å². The molecule has 0 saturated heterocycles. The SMILES string of the molecule is N#CC(=Cc1cn(Cc2ccccc2F)c2ccccc12)c1ccc([N+](=O)[O-])cc1. The molecule has 3 aromatic carbocycles. The van der Waals surface area contributed by atoms with Gasteiger partial charge in [-0.2, -0.15) is 5.26 Å². The zero-order valence-electron chi connectivity index (χ0n) is 15.8. The second-order valence-corrected chi connectivity index (χ2v) is 6.79. The molecule has 0 amide bonds. The first-order valence-corrected chi connectivity index (χ1v) is 9.25. The molecule has 0 N–H and O–H groups in total. The van der Waals surface area contributed by atoms with Gasteiger partial charge in [0, 0.05) is 40.4 Å². The fourth-order valence-electron chi connectivity index (χ4n) is 3.43. The largest absolute Gasteiger partial charge is 0.342 e. The van der Waals surface area contributed by atoms with Gasteiger partial charge in [0.15, 0.2) is 0 Å². The molecule has 0 atom stereocenters. The van der Waals surface area contributed by atoms with Crippen molar-refractivity contribution in [1.29, 1.82) is 5.26 Å². The standard InChI is InChI=1S/C24H16FN3O2/c25-23-7-3-1-5-18(23)15-27-16-20(22-6-2-4-8-24(22)27)13-19(14-26)17-9-11-21(12-10-17)28(29)30/h1-13,16H,15H2. The molecule has 5 nitrogen and oxygen atoms in total. The van der Waals surface area contributed by atoms with Gasteiger partial charge >= 0.3 is 0 Å². The number of hydrogen-bond acceptors (Lipinski definition) is 3. The molecule has 0 fully saturated rings. The summed E-state index contributed by atoms with van der Waals surface area (Å²) in [6.45, 7) is 0.362. The number of allylic oxidation sites excluding steroid dienone is 1. The van der Waals surface area contributed by atoms with Crippen LogP contribution < -0.4 is 0 Å². The lowest BCUT2D eigenvalue weighted by atomic mass is 10.0. The molecule has 0 aliphatic heterocycles. The fourth-order valence-corrected chi connectivity index (χ4v) is 3.43. The molecule has 0 bridgehead atoms. The highest BCUT2D eigenvalue weighted by atomic mass is 19.1. The van der Waals surface area contributed by atoms with E-state index in [1.54, 1.807) is 36.4 Å². The van der Waals surface area contributed by atoms with Crippen molar-refractivity contribution in [3.05, 3.63) is 112 Å². The third kappa shape index (κ3) is 3.69. The van der Waals surface area contributed by atoms with Crippen LogP contribution in [0, 0.1) is 27.3 Å². The van der Waals surface area contributed by atoms with Gasteiger partial charge in [0.05, 0.1) is 23.1 Å². The minimum absolute atomic E-state index is 0.0301. The lowest BCUT2D eigenvalue weighted by Gasteiger charge is -2.06. The number of hydrogen-bond donors (Lipinski definition) is 0. The number of aromatic nitrogens is 1. The van der Waals surface area contributed by atoms with Crippen molar-refractivity contribution in [2.24, 2.45) is 0 Å². The molecule has 0 aliphatic carbocycles. The van der Waals surface area contributed by atoms with Crippen LogP contribution in [0.3, 0.4) is 0 Å². The van der Waals surface area contributed by atoms with E-state index in [-0.39, 0.29) is 11.5 Å². The van der Waals surface area contributed by atoms with Crippen LogP contribution in [-0.2, 0) is 6.54 Å². The number of halogens is 1. The van der Waals surface area contributed by atoms with Gasteiger partial charge in [-0.1, -0.05) is 36.4 Å². The Bertz CT molecular complexity index is 1310. The Morgan fingerprint density at radius 1 is 1.07 bits per heavy atom.